The Kier molecular flexibility index (Phi) is 6.64. The Labute approximate surface area is 194 Å². The predicted molar refractivity (Wildman–Crippen MR) is 121 cm³/mol. The maximum atomic E-state index is 14.8. The molecule has 1 spiro atoms. The molecule has 1 aromatic rings. The van der Waals surface area contributed by atoms with Gasteiger partial charge in [-0.25, -0.2) is 22.5 Å². The molecule has 1 saturated carbocycles. The van der Waals surface area contributed by atoms with Gasteiger partial charge < -0.3 is 9.64 Å². The summed E-state index contributed by atoms with van der Waals surface area (Å²) in [7, 11) is -1.38. The van der Waals surface area contributed by atoms with Crippen LogP contribution in [-0.2, 0) is 22.1 Å². The highest BCUT2D eigenvalue weighted by Crippen LogP contribution is 2.56. The van der Waals surface area contributed by atoms with Gasteiger partial charge in [0.2, 0.25) is 0 Å². The second kappa shape index (κ2) is 8.37. The zero-order valence-corrected chi connectivity index (χ0v) is 21.3. The lowest BCUT2D eigenvalue weighted by Crippen LogP contribution is -2.51. The Morgan fingerprint density at radius 3 is 2.39 bits per heavy atom. The molecule has 174 valence electrons. The van der Waals surface area contributed by atoms with Gasteiger partial charge in [-0.1, -0.05) is 0 Å². The Bertz CT molecular complexity index is 894. The lowest BCUT2D eigenvalue weighted by atomic mass is 9.92. The Balaban J connectivity index is 1.98. The molecule has 2 aliphatic rings. The van der Waals surface area contributed by atoms with Crippen LogP contribution >= 0.6 is 15.9 Å². The van der Waals surface area contributed by atoms with E-state index in [-0.39, 0.29) is 27.9 Å². The first-order chi connectivity index (χ1) is 14.1. The van der Waals surface area contributed by atoms with Gasteiger partial charge in [-0.15, -0.1) is 0 Å². The van der Waals surface area contributed by atoms with Crippen LogP contribution in [0.25, 0.3) is 0 Å². The molecular formula is C22H31BrF2N2O3S. The van der Waals surface area contributed by atoms with E-state index in [1.807, 2.05) is 20.8 Å². The first kappa shape index (κ1) is 24.6. The standard InChI is InChI=1S/C22H31BrF2N2O3S/c1-20(2,3)30-19(28)27-12-22(7-8-22)18(26-31(29)21(4,5)6)16(27)10-13-9-14(24)11-15(23)17(13)25/h9,11,16,18,26H,7-8,10,12H2,1-6H3/t16-,18+,31-/m1/s1. The van der Waals surface area contributed by atoms with Crippen LogP contribution in [0.4, 0.5) is 13.6 Å². The van der Waals surface area contributed by atoms with E-state index in [4.69, 9.17) is 4.74 Å². The van der Waals surface area contributed by atoms with Gasteiger partial charge in [0.05, 0.1) is 26.2 Å². The molecule has 0 aromatic heterocycles. The summed E-state index contributed by atoms with van der Waals surface area (Å²) in [5.41, 5.74) is -0.758. The Hall–Kier alpha value is -1.06. The van der Waals surface area contributed by atoms with E-state index in [9.17, 15) is 17.8 Å². The fourth-order valence-electron chi connectivity index (χ4n) is 4.00. The van der Waals surface area contributed by atoms with E-state index in [0.29, 0.717) is 6.54 Å². The summed E-state index contributed by atoms with van der Waals surface area (Å²) in [6.07, 6.45) is 1.33. The minimum atomic E-state index is -1.38. The van der Waals surface area contributed by atoms with Crippen molar-refractivity contribution in [3.63, 3.8) is 0 Å². The third kappa shape index (κ3) is 5.47. The fourth-order valence-corrected chi connectivity index (χ4v) is 5.46. The van der Waals surface area contributed by atoms with E-state index in [2.05, 4.69) is 20.7 Å². The molecule has 1 heterocycles. The second-order valence-corrected chi connectivity index (χ2v) is 13.4. The fraction of sp³-hybridized carbons (Fsp3) is 0.682. The van der Waals surface area contributed by atoms with Crippen molar-refractivity contribution in [2.24, 2.45) is 5.41 Å². The highest BCUT2D eigenvalue weighted by atomic mass is 79.9. The molecule has 0 unspecified atom stereocenters. The van der Waals surface area contributed by atoms with Crippen LogP contribution in [0.5, 0.6) is 0 Å². The van der Waals surface area contributed by atoms with Crippen LogP contribution in [0.2, 0.25) is 0 Å². The molecule has 5 nitrogen and oxygen atoms in total. The van der Waals surface area contributed by atoms with E-state index in [0.717, 1.165) is 25.0 Å². The van der Waals surface area contributed by atoms with Crippen LogP contribution in [-0.4, -0.2) is 44.2 Å². The molecule has 9 heteroatoms. The number of rotatable bonds is 4. The number of nitrogens with zero attached hydrogens (tertiary/aromatic N) is 1. The molecule has 3 rings (SSSR count). The molecule has 1 aliphatic carbocycles. The maximum Gasteiger partial charge on any atom is 0.410 e. The van der Waals surface area contributed by atoms with Crippen LogP contribution in [0.3, 0.4) is 0 Å². The minimum Gasteiger partial charge on any atom is -0.444 e. The molecule has 31 heavy (non-hydrogen) atoms. The molecular weight excluding hydrogens is 490 g/mol. The lowest BCUT2D eigenvalue weighted by Gasteiger charge is -2.32. The van der Waals surface area contributed by atoms with Crippen molar-refractivity contribution in [3.8, 4) is 0 Å². The van der Waals surface area contributed by atoms with Gasteiger partial charge in [-0.2, -0.15) is 0 Å². The van der Waals surface area contributed by atoms with Crippen molar-refractivity contribution >= 4 is 33.0 Å². The molecule has 1 saturated heterocycles. The third-order valence-corrected chi connectivity index (χ3v) is 7.90. The Morgan fingerprint density at radius 1 is 1.26 bits per heavy atom. The van der Waals surface area contributed by atoms with Crippen molar-refractivity contribution in [1.82, 2.24) is 9.62 Å². The predicted octanol–water partition coefficient (Wildman–Crippen LogP) is 5.09. The average Bonchev–Trinajstić information content (AvgIpc) is 3.31. The monoisotopic (exact) mass is 520 g/mol. The summed E-state index contributed by atoms with van der Waals surface area (Å²) < 4.78 is 50.1. The second-order valence-electron chi connectivity index (χ2n) is 10.6. The van der Waals surface area contributed by atoms with Crippen LogP contribution in [0.1, 0.15) is 59.9 Å². The van der Waals surface area contributed by atoms with Gasteiger partial charge in [0.15, 0.2) is 0 Å². The lowest BCUT2D eigenvalue weighted by molar-refractivity contribution is 0.0213. The molecule has 2 fully saturated rings. The SMILES string of the molecule is CC(C)(C)OC(=O)N1CC2(CC2)[C@@H](N[S@](=O)C(C)(C)C)[C@H]1Cc1cc(F)cc(Br)c1F. The number of carbonyl (C=O) groups is 1. The van der Waals surface area contributed by atoms with Crippen LogP contribution in [0, 0.1) is 17.0 Å². The van der Waals surface area contributed by atoms with Crippen LogP contribution in [0.15, 0.2) is 16.6 Å². The summed E-state index contributed by atoms with van der Waals surface area (Å²) >= 11 is 3.06. The third-order valence-electron chi connectivity index (χ3n) is 5.74. The Morgan fingerprint density at radius 2 is 1.87 bits per heavy atom. The largest absolute Gasteiger partial charge is 0.444 e. The van der Waals surface area contributed by atoms with Crippen molar-refractivity contribution in [3.05, 3.63) is 33.8 Å². The smallest absolute Gasteiger partial charge is 0.410 e. The van der Waals surface area contributed by atoms with Crippen molar-refractivity contribution < 1.29 is 22.5 Å². The van der Waals surface area contributed by atoms with Gasteiger partial charge in [-0.3, -0.25) is 0 Å². The van der Waals surface area contributed by atoms with Crippen molar-refractivity contribution in [1.29, 1.82) is 0 Å². The number of ether oxygens (including phenoxy) is 1. The molecule has 0 radical (unpaired) electrons. The maximum absolute atomic E-state index is 14.8. The number of benzene rings is 1. The zero-order valence-electron chi connectivity index (χ0n) is 18.9. The number of hydrogen-bond donors (Lipinski definition) is 1. The summed E-state index contributed by atoms with van der Waals surface area (Å²) in [4.78, 5) is 14.7. The van der Waals surface area contributed by atoms with Crippen molar-refractivity contribution in [2.45, 2.75) is 83.2 Å². The zero-order chi connectivity index (χ0) is 23.4. The number of likely N-dealkylation sites (tertiary alicyclic amines) is 1. The summed E-state index contributed by atoms with van der Waals surface area (Å²) in [6.45, 7) is 11.4. The van der Waals surface area contributed by atoms with E-state index in [1.165, 1.54) is 0 Å². The molecule has 1 amide bonds. The van der Waals surface area contributed by atoms with E-state index in [1.54, 1.807) is 25.7 Å². The highest BCUT2D eigenvalue weighted by Gasteiger charge is 2.61. The normalized spacial score (nSPS) is 23.8. The quantitative estimate of drug-likeness (QED) is 0.562. The number of hydrogen-bond acceptors (Lipinski definition) is 3. The number of carbonyl (C=O) groups excluding carboxylic acids is 1. The van der Waals surface area contributed by atoms with Gasteiger partial charge in [0.25, 0.3) is 0 Å². The molecule has 1 aromatic carbocycles. The summed E-state index contributed by atoms with van der Waals surface area (Å²) in [6, 6.07) is 1.39. The first-order valence-electron chi connectivity index (χ1n) is 10.4. The molecule has 0 bridgehead atoms. The van der Waals surface area contributed by atoms with Gasteiger partial charge in [0.1, 0.15) is 17.2 Å². The summed E-state index contributed by atoms with van der Waals surface area (Å²) in [5.74, 6) is -1.12. The number of nitrogens with one attached hydrogen (secondary N) is 1. The van der Waals surface area contributed by atoms with Gasteiger partial charge in [-0.05, 0) is 94.4 Å². The molecule has 1 aliphatic heterocycles. The minimum absolute atomic E-state index is 0.0354. The number of amides is 1. The summed E-state index contributed by atoms with van der Waals surface area (Å²) in [5, 5.41) is 0. The molecule has 1 N–H and O–H groups in total. The van der Waals surface area contributed by atoms with Crippen LogP contribution < -0.4 is 4.72 Å². The molecule has 3 atom stereocenters. The average molecular weight is 521 g/mol. The van der Waals surface area contributed by atoms with E-state index < -0.39 is 45.1 Å². The first-order valence-corrected chi connectivity index (χ1v) is 12.4. The highest BCUT2D eigenvalue weighted by molar-refractivity contribution is 9.10. The van der Waals surface area contributed by atoms with Gasteiger partial charge in [0, 0.05) is 18.0 Å². The van der Waals surface area contributed by atoms with Gasteiger partial charge >= 0.3 is 6.09 Å². The van der Waals surface area contributed by atoms with Crippen molar-refractivity contribution in [2.75, 3.05) is 6.54 Å². The topological polar surface area (TPSA) is 58.6 Å². The van der Waals surface area contributed by atoms with E-state index >= 15 is 0 Å². The number of halogens is 3.